The monoisotopic (exact) mass is 176 g/mol. The summed E-state index contributed by atoms with van der Waals surface area (Å²) in [5, 5.41) is 1.62. The van der Waals surface area contributed by atoms with Gasteiger partial charge >= 0.3 is 0 Å². The van der Waals surface area contributed by atoms with Crippen LogP contribution in [0.3, 0.4) is 0 Å². The molecular formula is C11H16N2. The second kappa shape index (κ2) is 4.10. The molecule has 0 amide bonds. The fourth-order valence-electron chi connectivity index (χ4n) is 1.19. The number of hydrogen-bond acceptors (Lipinski definition) is 2. The first-order valence-corrected chi connectivity index (χ1v) is 4.47. The van der Waals surface area contributed by atoms with Crippen LogP contribution in [0.4, 0.5) is 0 Å². The first kappa shape index (κ1) is 9.81. The summed E-state index contributed by atoms with van der Waals surface area (Å²) in [4.78, 5) is 0. The topological polar surface area (TPSA) is 29.3 Å². The second-order valence-electron chi connectivity index (χ2n) is 3.00. The lowest BCUT2D eigenvalue weighted by Gasteiger charge is -2.21. The molecule has 1 rings (SSSR count). The molecule has 0 aromatic carbocycles. The first-order chi connectivity index (χ1) is 6.19. The van der Waals surface area contributed by atoms with Crippen LogP contribution in [0.2, 0.25) is 0 Å². The average molecular weight is 176 g/mol. The van der Waals surface area contributed by atoms with Gasteiger partial charge in [-0.25, -0.2) is 5.84 Å². The Kier molecular flexibility index (Phi) is 3.09. The zero-order valence-electron chi connectivity index (χ0n) is 8.25. The van der Waals surface area contributed by atoms with Crippen molar-refractivity contribution in [3.05, 3.63) is 47.9 Å². The molecule has 0 saturated heterocycles. The van der Waals surface area contributed by atoms with Crippen LogP contribution < -0.4 is 5.84 Å². The molecule has 2 heteroatoms. The van der Waals surface area contributed by atoms with E-state index in [4.69, 9.17) is 5.84 Å². The predicted molar refractivity (Wildman–Crippen MR) is 56.4 cm³/mol. The minimum Gasteiger partial charge on any atom is -0.287 e. The molecule has 0 aromatic heterocycles. The van der Waals surface area contributed by atoms with Gasteiger partial charge in [-0.05, 0) is 30.6 Å². The normalized spacial score (nSPS) is 19.2. The van der Waals surface area contributed by atoms with E-state index in [1.807, 2.05) is 31.4 Å². The molecular weight excluding hydrogens is 160 g/mol. The third-order valence-corrected chi connectivity index (χ3v) is 2.14. The third kappa shape index (κ3) is 2.10. The van der Waals surface area contributed by atoms with E-state index in [9.17, 15) is 0 Å². The molecule has 0 unspecified atom stereocenters. The van der Waals surface area contributed by atoms with Gasteiger partial charge in [-0.3, -0.25) is 5.01 Å². The highest BCUT2D eigenvalue weighted by Crippen LogP contribution is 2.20. The van der Waals surface area contributed by atoms with Crippen LogP contribution in [0.1, 0.15) is 20.3 Å². The van der Waals surface area contributed by atoms with Gasteiger partial charge in [0.25, 0.3) is 0 Å². The number of hydrogen-bond donors (Lipinski definition) is 1. The molecule has 1 aliphatic rings. The van der Waals surface area contributed by atoms with E-state index in [0.717, 1.165) is 23.3 Å². The van der Waals surface area contributed by atoms with E-state index in [1.54, 1.807) is 5.01 Å². The number of allylic oxidation sites excluding steroid dienone is 5. The highest BCUT2D eigenvalue weighted by Gasteiger charge is 2.07. The van der Waals surface area contributed by atoms with Crippen LogP contribution >= 0.6 is 0 Å². The molecule has 0 spiro atoms. The lowest BCUT2D eigenvalue weighted by Crippen LogP contribution is -2.25. The van der Waals surface area contributed by atoms with Crippen molar-refractivity contribution in [1.29, 1.82) is 0 Å². The molecule has 0 saturated carbocycles. The Morgan fingerprint density at radius 1 is 1.62 bits per heavy atom. The molecule has 1 aliphatic heterocycles. The zero-order chi connectivity index (χ0) is 9.84. The smallest absolute Gasteiger partial charge is 0.0526 e. The molecule has 0 fully saturated rings. The molecule has 2 N–H and O–H groups in total. The maximum absolute atomic E-state index is 5.77. The molecule has 0 aliphatic carbocycles. The Bertz CT molecular complexity index is 295. The summed E-state index contributed by atoms with van der Waals surface area (Å²) < 4.78 is 0. The van der Waals surface area contributed by atoms with Crippen molar-refractivity contribution in [3.63, 3.8) is 0 Å². The standard InChI is InChI=1S/C11H16N2/c1-4-9(3)10-6-7-11(5-2)13(12)8-10/h5-8H,3-4,12H2,1-2H3/b11-5+. The van der Waals surface area contributed by atoms with E-state index in [-0.39, 0.29) is 0 Å². The summed E-state index contributed by atoms with van der Waals surface area (Å²) in [7, 11) is 0. The van der Waals surface area contributed by atoms with Crippen LogP contribution in [0, 0.1) is 0 Å². The van der Waals surface area contributed by atoms with Gasteiger partial charge in [0.1, 0.15) is 0 Å². The van der Waals surface area contributed by atoms with Crippen LogP contribution in [0.5, 0.6) is 0 Å². The maximum atomic E-state index is 5.77. The Morgan fingerprint density at radius 2 is 2.31 bits per heavy atom. The summed E-state index contributed by atoms with van der Waals surface area (Å²) in [5.41, 5.74) is 3.23. The minimum atomic E-state index is 0.954. The van der Waals surface area contributed by atoms with E-state index in [1.165, 1.54) is 0 Å². The number of nitrogens with zero attached hydrogens (tertiary/aromatic N) is 1. The van der Waals surface area contributed by atoms with Gasteiger partial charge in [0.2, 0.25) is 0 Å². The van der Waals surface area contributed by atoms with Gasteiger partial charge in [0.15, 0.2) is 0 Å². The Labute approximate surface area is 79.7 Å². The van der Waals surface area contributed by atoms with Crippen molar-refractivity contribution in [1.82, 2.24) is 5.01 Å². The van der Waals surface area contributed by atoms with Crippen LogP contribution in [-0.4, -0.2) is 5.01 Å². The molecule has 2 nitrogen and oxygen atoms in total. The van der Waals surface area contributed by atoms with E-state index < -0.39 is 0 Å². The third-order valence-electron chi connectivity index (χ3n) is 2.14. The van der Waals surface area contributed by atoms with Crippen molar-refractivity contribution < 1.29 is 0 Å². The van der Waals surface area contributed by atoms with E-state index in [0.29, 0.717) is 0 Å². The van der Waals surface area contributed by atoms with Crippen molar-refractivity contribution in [3.8, 4) is 0 Å². The van der Waals surface area contributed by atoms with Crippen LogP contribution in [-0.2, 0) is 0 Å². The Balaban J connectivity index is 2.85. The first-order valence-electron chi connectivity index (χ1n) is 4.47. The van der Waals surface area contributed by atoms with Gasteiger partial charge in [-0.15, -0.1) is 0 Å². The number of rotatable bonds is 2. The molecule has 70 valence electrons. The second-order valence-corrected chi connectivity index (χ2v) is 3.00. The van der Waals surface area contributed by atoms with Gasteiger partial charge in [0, 0.05) is 6.20 Å². The van der Waals surface area contributed by atoms with Crippen LogP contribution in [0.15, 0.2) is 47.9 Å². The van der Waals surface area contributed by atoms with Gasteiger partial charge < -0.3 is 0 Å². The quantitative estimate of drug-likeness (QED) is 0.655. The summed E-state index contributed by atoms with van der Waals surface area (Å²) in [6.45, 7) is 8.01. The minimum absolute atomic E-state index is 0.954. The molecule has 1 heterocycles. The average Bonchev–Trinajstić information content (AvgIpc) is 2.16. The molecule has 0 bridgehead atoms. The highest BCUT2D eigenvalue weighted by atomic mass is 15.4. The summed E-state index contributed by atoms with van der Waals surface area (Å²) >= 11 is 0. The fraction of sp³-hybridized carbons (Fsp3) is 0.273. The van der Waals surface area contributed by atoms with Gasteiger partial charge in [-0.1, -0.05) is 25.7 Å². The largest absolute Gasteiger partial charge is 0.287 e. The number of nitrogens with two attached hydrogens (primary N) is 1. The summed E-state index contributed by atoms with van der Waals surface area (Å²) in [6, 6.07) is 0. The van der Waals surface area contributed by atoms with Crippen molar-refractivity contribution in [2.75, 3.05) is 0 Å². The number of hydrazine groups is 1. The summed E-state index contributed by atoms with van der Waals surface area (Å²) in [6.07, 6.45) is 8.87. The SMILES string of the molecule is C=C(CC)C1=CN(N)/C(=C/C)C=C1. The predicted octanol–water partition coefficient (Wildman–Crippen LogP) is 2.49. The van der Waals surface area contributed by atoms with Crippen molar-refractivity contribution in [2.24, 2.45) is 5.84 Å². The highest BCUT2D eigenvalue weighted by molar-refractivity contribution is 5.43. The Hall–Kier alpha value is -1.28. The molecule has 0 aromatic rings. The van der Waals surface area contributed by atoms with Crippen molar-refractivity contribution >= 4 is 0 Å². The lowest BCUT2D eigenvalue weighted by molar-refractivity contribution is 0.500. The van der Waals surface area contributed by atoms with Gasteiger partial charge in [-0.2, -0.15) is 0 Å². The Morgan fingerprint density at radius 3 is 2.77 bits per heavy atom. The maximum Gasteiger partial charge on any atom is 0.0526 e. The fourth-order valence-corrected chi connectivity index (χ4v) is 1.19. The van der Waals surface area contributed by atoms with Gasteiger partial charge in [0.05, 0.1) is 5.70 Å². The van der Waals surface area contributed by atoms with Crippen LogP contribution in [0.25, 0.3) is 0 Å². The van der Waals surface area contributed by atoms with E-state index >= 15 is 0 Å². The van der Waals surface area contributed by atoms with E-state index in [2.05, 4.69) is 13.5 Å². The molecule has 0 atom stereocenters. The summed E-state index contributed by atoms with van der Waals surface area (Å²) in [5.74, 6) is 5.77. The molecule has 13 heavy (non-hydrogen) atoms. The lowest BCUT2D eigenvalue weighted by atomic mass is 10.0. The zero-order valence-corrected chi connectivity index (χ0v) is 8.25. The molecule has 0 radical (unpaired) electrons. The van der Waals surface area contributed by atoms with Crippen molar-refractivity contribution in [2.45, 2.75) is 20.3 Å².